The molecule has 10 nitrogen and oxygen atoms in total. The first kappa shape index (κ1) is 18.8. The molecule has 1 amide bonds. The summed E-state index contributed by atoms with van der Waals surface area (Å²) >= 11 is 0. The summed E-state index contributed by atoms with van der Waals surface area (Å²) in [4.78, 5) is 27.3. The van der Waals surface area contributed by atoms with Gasteiger partial charge in [0.2, 0.25) is 0 Å². The molecule has 0 saturated heterocycles. The summed E-state index contributed by atoms with van der Waals surface area (Å²) in [7, 11) is 1.40. The van der Waals surface area contributed by atoms with Crippen molar-refractivity contribution in [3.63, 3.8) is 0 Å². The van der Waals surface area contributed by atoms with Crippen molar-refractivity contribution in [2.24, 2.45) is 0 Å². The van der Waals surface area contributed by atoms with E-state index in [4.69, 9.17) is 9.47 Å². The molecule has 0 spiro atoms. The van der Waals surface area contributed by atoms with Crippen molar-refractivity contribution < 1.29 is 19.2 Å². The summed E-state index contributed by atoms with van der Waals surface area (Å²) in [5.41, 5.74) is 0.715. The average Bonchev–Trinajstić information content (AvgIpc) is 3.23. The second-order valence-corrected chi connectivity index (χ2v) is 5.55. The lowest BCUT2D eigenvalue weighted by atomic mass is 10.1. The highest BCUT2D eigenvalue weighted by atomic mass is 16.6. The quantitative estimate of drug-likeness (QED) is 0.492. The zero-order valence-corrected chi connectivity index (χ0v) is 15.2. The number of nitrogens with one attached hydrogen (secondary N) is 1. The van der Waals surface area contributed by atoms with Gasteiger partial charge in [-0.3, -0.25) is 14.9 Å². The van der Waals surface area contributed by atoms with Gasteiger partial charge in [0.05, 0.1) is 30.4 Å². The Morgan fingerprint density at radius 1 is 1.25 bits per heavy atom. The summed E-state index contributed by atoms with van der Waals surface area (Å²) < 4.78 is 12.1. The monoisotopic (exact) mass is 383 g/mol. The number of carbonyl (C=O) groups excluding carboxylic acids is 1. The van der Waals surface area contributed by atoms with Crippen LogP contribution >= 0.6 is 0 Å². The number of nitrogens with zero attached hydrogens (tertiary/aromatic N) is 4. The molecule has 0 unspecified atom stereocenters. The maximum Gasteiger partial charge on any atom is 0.286 e. The SMILES string of the molecule is CCOc1cc([N+](=O)[O-])c(C(=O)Nc2ccc(-n3cncn3)cc2)cc1OC. The summed E-state index contributed by atoms with van der Waals surface area (Å²) in [5, 5.41) is 18.1. The van der Waals surface area contributed by atoms with Crippen molar-refractivity contribution in [3.8, 4) is 17.2 Å². The Hall–Kier alpha value is -3.95. The minimum absolute atomic E-state index is 0.134. The Morgan fingerprint density at radius 3 is 2.57 bits per heavy atom. The van der Waals surface area contributed by atoms with Crippen LogP contribution in [0.4, 0.5) is 11.4 Å². The molecule has 0 fully saturated rings. The van der Waals surface area contributed by atoms with Crippen LogP contribution in [0.1, 0.15) is 17.3 Å². The number of anilines is 1. The number of nitro benzene ring substituents is 1. The minimum atomic E-state index is -0.637. The number of methoxy groups -OCH3 is 1. The summed E-state index contributed by atoms with van der Waals surface area (Å²) in [5.74, 6) is -0.203. The largest absolute Gasteiger partial charge is 0.493 e. The summed E-state index contributed by atoms with van der Waals surface area (Å²) in [6, 6.07) is 9.27. The molecule has 0 saturated carbocycles. The smallest absolute Gasteiger partial charge is 0.286 e. The first-order valence-corrected chi connectivity index (χ1v) is 8.29. The van der Waals surface area contributed by atoms with Crippen molar-refractivity contribution in [1.29, 1.82) is 0 Å². The van der Waals surface area contributed by atoms with E-state index >= 15 is 0 Å². The number of hydrogen-bond acceptors (Lipinski definition) is 7. The van der Waals surface area contributed by atoms with E-state index in [-0.39, 0.29) is 22.7 Å². The number of nitro groups is 1. The second-order valence-electron chi connectivity index (χ2n) is 5.55. The van der Waals surface area contributed by atoms with E-state index in [9.17, 15) is 14.9 Å². The van der Waals surface area contributed by atoms with E-state index in [0.29, 0.717) is 12.3 Å². The molecule has 0 aliphatic carbocycles. The fraction of sp³-hybridized carbons (Fsp3) is 0.167. The van der Waals surface area contributed by atoms with Crippen LogP contribution in [-0.4, -0.2) is 39.3 Å². The number of carbonyl (C=O) groups is 1. The number of hydrogen-bond donors (Lipinski definition) is 1. The van der Waals surface area contributed by atoms with Gasteiger partial charge in [-0.05, 0) is 31.2 Å². The third-order valence-corrected chi connectivity index (χ3v) is 3.83. The number of ether oxygens (including phenoxy) is 2. The molecule has 0 aliphatic rings. The predicted molar refractivity (Wildman–Crippen MR) is 100 cm³/mol. The molecule has 3 aromatic rings. The van der Waals surface area contributed by atoms with E-state index in [2.05, 4.69) is 15.4 Å². The van der Waals surface area contributed by atoms with Gasteiger partial charge < -0.3 is 14.8 Å². The number of benzene rings is 2. The molecule has 10 heteroatoms. The molecule has 1 heterocycles. The van der Waals surface area contributed by atoms with E-state index in [0.717, 1.165) is 5.69 Å². The fourth-order valence-electron chi connectivity index (χ4n) is 2.55. The summed E-state index contributed by atoms with van der Waals surface area (Å²) in [6.45, 7) is 2.05. The highest BCUT2D eigenvalue weighted by Crippen LogP contribution is 2.35. The Morgan fingerprint density at radius 2 is 2.00 bits per heavy atom. The zero-order valence-electron chi connectivity index (χ0n) is 15.2. The lowest BCUT2D eigenvalue weighted by Gasteiger charge is -2.12. The molecule has 144 valence electrons. The van der Waals surface area contributed by atoms with E-state index in [1.807, 2.05) is 0 Å². The van der Waals surface area contributed by atoms with Gasteiger partial charge in [-0.2, -0.15) is 5.10 Å². The molecule has 3 rings (SSSR count). The third-order valence-electron chi connectivity index (χ3n) is 3.83. The molecular weight excluding hydrogens is 366 g/mol. The van der Waals surface area contributed by atoms with Crippen LogP contribution in [0.5, 0.6) is 11.5 Å². The Kier molecular flexibility index (Phi) is 5.49. The molecule has 1 N–H and O–H groups in total. The maximum atomic E-state index is 12.7. The van der Waals surface area contributed by atoms with E-state index in [1.54, 1.807) is 42.2 Å². The lowest BCUT2D eigenvalue weighted by molar-refractivity contribution is -0.385. The van der Waals surface area contributed by atoms with Crippen LogP contribution in [-0.2, 0) is 0 Å². The highest BCUT2D eigenvalue weighted by molar-refractivity contribution is 6.07. The van der Waals surface area contributed by atoms with E-state index < -0.39 is 10.8 Å². The number of amides is 1. The van der Waals surface area contributed by atoms with Crippen molar-refractivity contribution in [1.82, 2.24) is 14.8 Å². The van der Waals surface area contributed by atoms with Crippen LogP contribution in [0.15, 0.2) is 49.1 Å². The van der Waals surface area contributed by atoms with Crippen molar-refractivity contribution >= 4 is 17.3 Å². The topological polar surface area (TPSA) is 121 Å². The van der Waals surface area contributed by atoms with Gasteiger partial charge in [0, 0.05) is 11.8 Å². The van der Waals surface area contributed by atoms with Gasteiger partial charge in [-0.15, -0.1) is 0 Å². The number of rotatable bonds is 7. The van der Waals surface area contributed by atoms with Crippen molar-refractivity contribution in [2.75, 3.05) is 19.0 Å². The summed E-state index contributed by atoms with van der Waals surface area (Å²) in [6.07, 6.45) is 2.96. The van der Waals surface area contributed by atoms with Gasteiger partial charge in [0.1, 0.15) is 18.2 Å². The Bertz CT molecular complexity index is 986. The van der Waals surface area contributed by atoms with Crippen LogP contribution in [0.3, 0.4) is 0 Å². The Labute approximate surface area is 159 Å². The molecule has 0 atom stereocenters. The van der Waals surface area contributed by atoms with E-state index in [1.165, 1.54) is 25.6 Å². The second kappa shape index (κ2) is 8.16. The predicted octanol–water partition coefficient (Wildman–Crippen LogP) is 2.84. The average molecular weight is 383 g/mol. The molecule has 0 aliphatic heterocycles. The van der Waals surface area contributed by atoms with Crippen LogP contribution in [0, 0.1) is 10.1 Å². The zero-order chi connectivity index (χ0) is 20.1. The highest BCUT2D eigenvalue weighted by Gasteiger charge is 2.24. The number of aromatic nitrogens is 3. The van der Waals surface area contributed by atoms with Gasteiger partial charge in [0.15, 0.2) is 11.5 Å². The van der Waals surface area contributed by atoms with Crippen LogP contribution in [0.25, 0.3) is 5.69 Å². The van der Waals surface area contributed by atoms with Crippen LogP contribution < -0.4 is 14.8 Å². The van der Waals surface area contributed by atoms with Crippen molar-refractivity contribution in [3.05, 3.63) is 64.7 Å². The van der Waals surface area contributed by atoms with Gasteiger partial charge in [0.25, 0.3) is 11.6 Å². The molecule has 28 heavy (non-hydrogen) atoms. The van der Waals surface area contributed by atoms with Crippen LogP contribution in [0.2, 0.25) is 0 Å². The van der Waals surface area contributed by atoms with Crippen molar-refractivity contribution in [2.45, 2.75) is 6.92 Å². The fourth-order valence-corrected chi connectivity index (χ4v) is 2.55. The molecule has 1 aromatic heterocycles. The Balaban J connectivity index is 1.88. The molecule has 0 bridgehead atoms. The standard InChI is InChI=1S/C18H17N5O5/c1-3-28-17-9-15(23(25)26)14(8-16(17)27-2)18(24)21-12-4-6-13(7-5-12)22-11-19-10-20-22/h4-11H,3H2,1-2H3,(H,21,24). The third kappa shape index (κ3) is 3.90. The van der Waals surface area contributed by atoms with Gasteiger partial charge in [-0.25, -0.2) is 9.67 Å². The lowest BCUT2D eigenvalue weighted by Crippen LogP contribution is -2.14. The normalized spacial score (nSPS) is 10.4. The molecule has 0 radical (unpaired) electrons. The maximum absolute atomic E-state index is 12.7. The molecule has 2 aromatic carbocycles. The molecular formula is C18H17N5O5. The first-order chi connectivity index (χ1) is 13.5. The first-order valence-electron chi connectivity index (χ1n) is 8.29. The minimum Gasteiger partial charge on any atom is -0.493 e. The van der Waals surface area contributed by atoms with Gasteiger partial charge in [-0.1, -0.05) is 0 Å². The van der Waals surface area contributed by atoms with Gasteiger partial charge >= 0.3 is 0 Å².